The van der Waals surface area contributed by atoms with Crippen molar-refractivity contribution in [2.75, 3.05) is 0 Å². The molecule has 28 heavy (non-hydrogen) atoms. The Balaban J connectivity index is 1.45. The maximum atomic E-state index is 11.2. The summed E-state index contributed by atoms with van der Waals surface area (Å²) in [5.41, 5.74) is 10.0. The molecule has 0 saturated carbocycles. The van der Waals surface area contributed by atoms with E-state index in [0.29, 0.717) is 5.56 Å². The van der Waals surface area contributed by atoms with Crippen molar-refractivity contribution in [1.82, 2.24) is 14.5 Å². The minimum absolute atomic E-state index is 0.423. The first-order valence-electron chi connectivity index (χ1n) is 8.66. The zero-order valence-electron chi connectivity index (χ0n) is 15.2. The monoisotopic (exact) mass is 406 g/mol. The van der Waals surface area contributed by atoms with E-state index in [0.717, 1.165) is 38.4 Å². The van der Waals surface area contributed by atoms with Crippen LogP contribution in [0.5, 0.6) is 0 Å². The van der Waals surface area contributed by atoms with Crippen LogP contribution in [0.15, 0.2) is 71.3 Å². The summed E-state index contributed by atoms with van der Waals surface area (Å²) in [4.78, 5) is 20.5. The number of carbonyl (C=O) groups excluding carboxylic acids is 1. The van der Waals surface area contributed by atoms with Gasteiger partial charge in [0.2, 0.25) is 5.91 Å². The van der Waals surface area contributed by atoms with Gasteiger partial charge in [-0.1, -0.05) is 54.2 Å². The maximum absolute atomic E-state index is 11.2. The average Bonchev–Trinajstić information content (AvgIpc) is 3.34. The highest BCUT2D eigenvalue weighted by Gasteiger charge is 2.11. The second-order valence-electron chi connectivity index (χ2n) is 6.23. The first-order valence-corrected chi connectivity index (χ1v) is 10.5. The van der Waals surface area contributed by atoms with Crippen molar-refractivity contribution in [3.8, 4) is 21.8 Å². The van der Waals surface area contributed by atoms with Crippen LogP contribution in [0.4, 0.5) is 0 Å². The Morgan fingerprint density at radius 1 is 1.11 bits per heavy atom. The van der Waals surface area contributed by atoms with Crippen LogP contribution in [0.25, 0.3) is 21.8 Å². The van der Waals surface area contributed by atoms with Gasteiger partial charge in [0.25, 0.3) is 0 Å². The second-order valence-corrected chi connectivity index (χ2v) is 8.03. The molecule has 4 rings (SSSR count). The van der Waals surface area contributed by atoms with E-state index in [-0.39, 0.29) is 0 Å². The van der Waals surface area contributed by atoms with Crippen molar-refractivity contribution in [3.63, 3.8) is 0 Å². The Kier molecular flexibility index (Phi) is 5.27. The van der Waals surface area contributed by atoms with Gasteiger partial charge in [-0.15, -0.1) is 11.3 Å². The van der Waals surface area contributed by atoms with Gasteiger partial charge >= 0.3 is 0 Å². The summed E-state index contributed by atoms with van der Waals surface area (Å²) < 4.78 is 2.11. The zero-order valence-corrected chi connectivity index (χ0v) is 16.8. The summed E-state index contributed by atoms with van der Waals surface area (Å²) in [5, 5.41) is 3.95. The molecule has 0 fully saturated rings. The number of benzene rings is 2. The summed E-state index contributed by atoms with van der Waals surface area (Å²) in [6.07, 6.45) is 1.91. The fraction of sp³-hybridized carbons (Fsp3) is 0.0952. The predicted octanol–water partition coefficient (Wildman–Crippen LogP) is 4.60. The van der Waals surface area contributed by atoms with Crippen molar-refractivity contribution in [2.24, 2.45) is 12.8 Å². The van der Waals surface area contributed by atoms with Crippen LogP contribution in [0.1, 0.15) is 16.1 Å². The van der Waals surface area contributed by atoms with E-state index in [4.69, 9.17) is 10.7 Å². The van der Waals surface area contributed by atoms with Crippen LogP contribution in [-0.4, -0.2) is 20.4 Å². The molecule has 0 unspecified atom stereocenters. The number of carbonyl (C=O) groups is 1. The van der Waals surface area contributed by atoms with E-state index in [1.165, 1.54) is 0 Å². The SMILES string of the molecule is Cn1c(-c2ccccc2)cnc1SCc1csc(-c2ccc(C(N)=O)cc2)n1. The molecule has 0 aliphatic heterocycles. The number of nitrogens with two attached hydrogens (primary N) is 1. The highest BCUT2D eigenvalue weighted by molar-refractivity contribution is 7.98. The lowest BCUT2D eigenvalue weighted by molar-refractivity contribution is 0.100. The van der Waals surface area contributed by atoms with Crippen LogP contribution in [-0.2, 0) is 12.8 Å². The van der Waals surface area contributed by atoms with Gasteiger partial charge in [0.1, 0.15) is 5.01 Å². The molecule has 0 aliphatic carbocycles. The summed E-state index contributed by atoms with van der Waals surface area (Å²) >= 11 is 3.26. The number of thiazole rings is 1. The molecule has 0 aliphatic rings. The number of amides is 1. The molecule has 2 aromatic heterocycles. The van der Waals surface area contributed by atoms with Crippen molar-refractivity contribution in [3.05, 3.63) is 77.4 Å². The number of aromatic nitrogens is 3. The van der Waals surface area contributed by atoms with Gasteiger partial charge in [0.15, 0.2) is 5.16 Å². The fourth-order valence-electron chi connectivity index (χ4n) is 2.83. The maximum Gasteiger partial charge on any atom is 0.248 e. The largest absolute Gasteiger partial charge is 0.366 e. The van der Waals surface area contributed by atoms with E-state index < -0.39 is 5.91 Å². The summed E-state index contributed by atoms with van der Waals surface area (Å²) in [6, 6.07) is 17.4. The van der Waals surface area contributed by atoms with Crippen LogP contribution in [0.3, 0.4) is 0 Å². The van der Waals surface area contributed by atoms with E-state index >= 15 is 0 Å². The molecule has 0 saturated heterocycles. The molecule has 4 aromatic rings. The fourth-order valence-corrected chi connectivity index (χ4v) is 4.60. The highest BCUT2D eigenvalue weighted by Crippen LogP contribution is 2.29. The minimum Gasteiger partial charge on any atom is -0.366 e. The highest BCUT2D eigenvalue weighted by atomic mass is 32.2. The Bertz CT molecular complexity index is 1100. The molecule has 1 amide bonds. The second kappa shape index (κ2) is 8.00. The Morgan fingerprint density at radius 3 is 2.57 bits per heavy atom. The van der Waals surface area contributed by atoms with Gasteiger partial charge in [-0.05, 0) is 17.7 Å². The lowest BCUT2D eigenvalue weighted by Gasteiger charge is -2.05. The Morgan fingerprint density at radius 2 is 1.86 bits per heavy atom. The van der Waals surface area contributed by atoms with Crippen LogP contribution in [0, 0.1) is 0 Å². The zero-order chi connectivity index (χ0) is 19.5. The quantitative estimate of drug-likeness (QED) is 0.475. The summed E-state index contributed by atoms with van der Waals surface area (Å²) in [7, 11) is 2.03. The standard InChI is InChI=1S/C21H18N4OS2/c1-25-18(14-5-3-2-4-6-14)11-23-21(25)28-13-17-12-27-20(24-17)16-9-7-15(8-10-16)19(22)26/h2-12H,13H2,1H3,(H2,22,26). The minimum atomic E-state index is -0.423. The van der Waals surface area contributed by atoms with Crippen molar-refractivity contribution >= 4 is 29.0 Å². The predicted molar refractivity (Wildman–Crippen MR) is 114 cm³/mol. The molecule has 2 aromatic carbocycles. The average molecular weight is 407 g/mol. The number of hydrogen-bond acceptors (Lipinski definition) is 5. The number of primary amides is 1. The van der Waals surface area contributed by atoms with Gasteiger partial charge in [-0.2, -0.15) is 0 Å². The third-order valence-corrected chi connectivity index (χ3v) is 6.35. The van der Waals surface area contributed by atoms with E-state index in [9.17, 15) is 4.79 Å². The third-order valence-electron chi connectivity index (χ3n) is 4.33. The molecule has 7 heteroatoms. The third kappa shape index (κ3) is 3.85. The number of imidazole rings is 1. The van der Waals surface area contributed by atoms with Crippen LogP contribution < -0.4 is 5.73 Å². The number of rotatable bonds is 6. The number of thioether (sulfide) groups is 1. The van der Waals surface area contributed by atoms with Gasteiger partial charge in [0, 0.05) is 29.3 Å². The van der Waals surface area contributed by atoms with Crippen LogP contribution in [0.2, 0.25) is 0 Å². The van der Waals surface area contributed by atoms with E-state index in [1.807, 2.05) is 43.6 Å². The molecule has 0 bridgehead atoms. The summed E-state index contributed by atoms with van der Waals surface area (Å²) in [6.45, 7) is 0. The normalized spacial score (nSPS) is 10.9. The molecule has 0 atom stereocenters. The first-order chi connectivity index (χ1) is 13.6. The van der Waals surface area contributed by atoms with E-state index in [1.54, 1.807) is 35.2 Å². The smallest absolute Gasteiger partial charge is 0.248 e. The van der Waals surface area contributed by atoms with Crippen molar-refractivity contribution in [1.29, 1.82) is 0 Å². The molecule has 0 spiro atoms. The lowest BCUT2D eigenvalue weighted by atomic mass is 10.1. The molecule has 5 nitrogen and oxygen atoms in total. The Labute approximate surface area is 171 Å². The van der Waals surface area contributed by atoms with Gasteiger partial charge < -0.3 is 10.3 Å². The lowest BCUT2D eigenvalue weighted by Crippen LogP contribution is -2.10. The molecular weight excluding hydrogens is 388 g/mol. The first kappa shape index (κ1) is 18.5. The van der Waals surface area contributed by atoms with Gasteiger partial charge in [-0.3, -0.25) is 4.79 Å². The van der Waals surface area contributed by atoms with Gasteiger partial charge in [0.05, 0.1) is 17.6 Å². The topological polar surface area (TPSA) is 73.8 Å². The number of nitrogens with zero attached hydrogens (tertiary/aromatic N) is 3. The Hall–Kier alpha value is -2.90. The van der Waals surface area contributed by atoms with Crippen molar-refractivity contribution in [2.45, 2.75) is 10.9 Å². The summed E-state index contributed by atoms with van der Waals surface area (Å²) in [5.74, 6) is 0.322. The van der Waals surface area contributed by atoms with Crippen molar-refractivity contribution < 1.29 is 4.79 Å². The molecular formula is C21H18N4OS2. The van der Waals surface area contributed by atoms with Crippen LogP contribution >= 0.6 is 23.1 Å². The molecule has 0 radical (unpaired) electrons. The van der Waals surface area contributed by atoms with E-state index in [2.05, 4.69) is 27.1 Å². The number of hydrogen-bond donors (Lipinski definition) is 1. The van der Waals surface area contributed by atoms with Gasteiger partial charge in [-0.25, -0.2) is 9.97 Å². The molecule has 140 valence electrons. The molecule has 2 heterocycles. The molecule has 2 N–H and O–H groups in total.